The first kappa shape index (κ1) is 59.1. The Labute approximate surface area is 392 Å². The molecule has 3 atom stereocenters. The predicted octanol–water partition coefficient (Wildman–Crippen LogP) is 14.2. The van der Waals surface area contributed by atoms with Crippen LogP contribution in [0.1, 0.15) is 245 Å². The highest BCUT2D eigenvalue weighted by Crippen LogP contribution is 2.19. The standard InChI is InChI=1S/C54H98N2O8/c1-5-8-11-14-17-19-21-22-23-24-25-27-29-32-35-42-52(58)62-47-50(46-61-51(57)41-34-31-16-13-10-7-3)63-53(59)43-36-40-49(39-33-30-28-26-20-18-15-12-9-6-2)64-54(60)55-45-48-38-37-44-56(48)4/h17,19,22-23,48-50H,5-16,18,20-21,24-47H2,1-4H3,(H,55,60)/b19-17-,23-22-. The van der Waals surface area contributed by atoms with Gasteiger partial charge >= 0.3 is 24.0 Å². The minimum atomic E-state index is -0.882. The third-order valence-corrected chi connectivity index (χ3v) is 12.4. The topological polar surface area (TPSA) is 120 Å². The Morgan fingerprint density at radius 3 is 1.52 bits per heavy atom. The van der Waals surface area contributed by atoms with Gasteiger partial charge in [-0.2, -0.15) is 0 Å². The van der Waals surface area contributed by atoms with E-state index < -0.39 is 18.2 Å². The van der Waals surface area contributed by atoms with Crippen molar-refractivity contribution in [2.45, 2.75) is 264 Å². The van der Waals surface area contributed by atoms with Crippen molar-refractivity contribution in [3.05, 3.63) is 24.3 Å². The van der Waals surface area contributed by atoms with Crippen LogP contribution in [0.4, 0.5) is 4.79 Å². The van der Waals surface area contributed by atoms with Gasteiger partial charge in [0.15, 0.2) is 6.10 Å². The summed E-state index contributed by atoms with van der Waals surface area (Å²) in [4.78, 5) is 53.6. The first-order valence-electron chi connectivity index (χ1n) is 26.7. The second-order valence-electron chi connectivity index (χ2n) is 18.5. The van der Waals surface area contributed by atoms with Gasteiger partial charge in [0.2, 0.25) is 0 Å². The van der Waals surface area contributed by atoms with E-state index in [0.29, 0.717) is 38.3 Å². The number of unbranched alkanes of at least 4 members (excludes halogenated alkanes) is 22. The summed E-state index contributed by atoms with van der Waals surface area (Å²) in [6.07, 6.45) is 43.1. The third-order valence-electron chi connectivity index (χ3n) is 12.4. The van der Waals surface area contributed by atoms with Crippen molar-refractivity contribution < 1.29 is 38.1 Å². The van der Waals surface area contributed by atoms with Crippen LogP contribution in [0, 0.1) is 0 Å². The Hall–Kier alpha value is -2.88. The lowest BCUT2D eigenvalue weighted by Gasteiger charge is -2.22. The molecule has 0 aromatic carbocycles. The van der Waals surface area contributed by atoms with Crippen molar-refractivity contribution in [3.63, 3.8) is 0 Å². The number of hydrogen-bond acceptors (Lipinski definition) is 9. The summed E-state index contributed by atoms with van der Waals surface area (Å²) in [6.45, 7) is 7.96. The number of nitrogens with one attached hydrogen (secondary N) is 1. The van der Waals surface area contributed by atoms with E-state index in [-0.39, 0.29) is 37.7 Å². The number of carbonyl (C=O) groups excluding carboxylic acids is 4. The van der Waals surface area contributed by atoms with Crippen LogP contribution in [0.2, 0.25) is 0 Å². The number of rotatable bonds is 44. The second-order valence-corrected chi connectivity index (χ2v) is 18.5. The average molecular weight is 903 g/mol. The fourth-order valence-electron chi connectivity index (χ4n) is 8.23. The molecule has 1 heterocycles. The minimum Gasteiger partial charge on any atom is -0.462 e. The molecule has 0 radical (unpaired) electrons. The monoisotopic (exact) mass is 903 g/mol. The summed E-state index contributed by atoms with van der Waals surface area (Å²) in [7, 11) is 2.09. The van der Waals surface area contributed by atoms with E-state index in [2.05, 4.69) is 62.3 Å². The van der Waals surface area contributed by atoms with Crippen molar-refractivity contribution in [1.82, 2.24) is 10.2 Å². The lowest BCUT2D eigenvalue weighted by atomic mass is 10.0. The fourth-order valence-corrected chi connectivity index (χ4v) is 8.23. The van der Waals surface area contributed by atoms with Crippen molar-refractivity contribution in [3.8, 4) is 0 Å². The van der Waals surface area contributed by atoms with Crippen molar-refractivity contribution >= 4 is 24.0 Å². The summed E-state index contributed by atoms with van der Waals surface area (Å²) in [5.41, 5.74) is 0. The van der Waals surface area contributed by atoms with Crippen LogP contribution < -0.4 is 5.32 Å². The normalized spacial score (nSPS) is 15.2. The van der Waals surface area contributed by atoms with E-state index in [1.54, 1.807) is 0 Å². The number of esters is 3. The Morgan fingerprint density at radius 1 is 0.531 bits per heavy atom. The molecule has 1 aliphatic rings. The molecular weight excluding hydrogens is 805 g/mol. The largest absolute Gasteiger partial charge is 0.462 e. The van der Waals surface area contributed by atoms with Gasteiger partial charge in [-0.25, -0.2) is 4.79 Å². The number of likely N-dealkylation sites (N-methyl/N-ethyl adjacent to an activating group) is 1. The van der Waals surface area contributed by atoms with Crippen LogP contribution in [0.3, 0.4) is 0 Å². The van der Waals surface area contributed by atoms with Gasteiger partial charge < -0.3 is 29.2 Å². The molecule has 10 heteroatoms. The Morgan fingerprint density at radius 2 is 0.984 bits per heavy atom. The molecule has 1 rings (SSSR count). The molecule has 1 saturated heterocycles. The molecule has 0 bridgehead atoms. The number of allylic oxidation sites excluding steroid dienone is 4. The van der Waals surface area contributed by atoms with Crippen LogP contribution in [0.25, 0.3) is 0 Å². The summed E-state index contributed by atoms with van der Waals surface area (Å²) in [5.74, 6) is -1.12. The van der Waals surface area contributed by atoms with Gasteiger partial charge in [-0.05, 0) is 97.1 Å². The van der Waals surface area contributed by atoms with Gasteiger partial charge in [0, 0.05) is 31.8 Å². The lowest BCUT2D eigenvalue weighted by Crippen LogP contribution is -2.39. The van der Waals surface area contributed by atoms with E-state index in [4.69, 9.17) is 18.9 Å². The molecule has 10 nitrogen and oxygen atoms in total. The fraction of sp³-hybridized carbons (Fsp3) is 0.852. The Bertz CT molecular complexity index is 1190. The molecular formula is C54H98N2O8. The first-order chi connectivity index (χ1) is 31.3. The van der Waals surface area contributed by atoms with Gasteiger partial charge in [-0.15, -0.1) is 0 Å². The highest BCUT2D eigenvalue weighted by atomic mass is 16.6. The summed E-state index contributed by atoms with van der Waals surface area (Å²) in [5, 5.41) is 2.98. The summed E-state index contributed by atoms with van der Waals surface area (Å²) >= 11 is 0. The van der Waals surface area contributed by atoms with E-state index in [0.717, 1.165) is 103 Å². The maximum atomic E-state index is 13.2. The zero-order valence-corrected chi connectivity index (χ0v) is 41.8. The molecule has 1 N–H and O–H groups in total. The molecule has 0 aromatic heterocycles. The smallest absolute Gasteiger partial charge is 0.407 e. The van der Waals surface area contributed by atoms with Gasteiger partial charge in [0.05, 0.1) is 0 Å². The molecule has 0 saturated carbocycles. The molecule has 0 spiro atoms. The van der Waals surface area contributed by atoms with Gasteiger partial charge in [-0.3, -0.25) is 14.4 Å². The van der Waals surface area contributed by atoms with Gasteiger partial charge in [0.25, 0.3) is 0 Å². The van der Waals surface area contributed by atoms with Crippen LogP contribution in [-0.2, 0) is 33.3 Å². The molecule has 372 valence electrons. The van der Waals surface area contributed by atoms with Crippen LogP contribution in [0.5, 0.6) is 0 Å². The highest BCUT2D eigenvalue weighted by molar-refractivity contribution is 5.71. The average Bonchev–Trinajstić information content (AvgIpc) is 3.70. The number of amides is 1. The number of hydrogen-bond donors (Lipinski definition) is 1. The zero-order chi connectivity index (χ0) is 46.6. The molecule has 1 fully saturated rings. The van der Waals surface area contributed by atoms with Gasteiger partial charge in [-0.1, -0.05) is 167 Å². The number of alkyl carbamates (subject to hydrolysis) is 1. The SMILES string of the molecule is CCCCC/C=C\C/C=C\CCCCCCCC(=O)OCC(COC(=O)CCCCCCCC)OC(=O)CCCC(CCCCCCCCCCCC)OC(=O)NCC1CCCN1C. The number of ether oxygens (including phenoxy) is 4. The first-order valence-corrected chi connectivity index (χ1v) is 26.7. The van der Waals surface area contributed by atoms with Crippen LogP contribution in [0.15, 0.2) is 24.3 Å². The maximum absolute atomic E-state index is 13.2. The highest BCUT2D eigenvalue weighted by Gasteiger charge is 2.23. The van der Waals surface area contributed by atoms with E-state index in [1.807, 2.05) is 0 Å². The Kier molecular flexibility index (Phi) is 40.6. The number of likely N-dealkylation sites (tertiary alicyclic amines) is 1. The predicted molar refractivity (Wildman–Crippen MR) is 263 cm³/mol. The molecule has 64 heavy (non-hydrogen) atoms. The van der Waals surface area contributed by atoms with Gasteiger partial charge in [0.1, 0.15) is 19.3 Å². The van der Waals surface area contributed by atoms with Crippen molar-refractivity contribution in [2.24, 2.45) is 0 Å². The number of carbonyl (C=O) groups is 4. The molecule has 1 amide bonds. The van der Waals surface area contributed by atoms with Crippen LogP contribution >= 0.6 is 0 Å². The summed E-state index contributed by atoms with van der Waals surface area (Å²) < 4.78 is 22.8. The quantitative estimate of drug-likeness (QED) is 0.0276. The molecule has 3 unspecified atom stereocenters. The molecule has 0 aromatic rings. The van der Waals surface area contributed by atoms with E-state index >= 15 is 0 Å². The Balaban J connectivity index is 2.58. The zero-order valence-electron chi connectivity index (χ0n) is 41.8. The second kappa shape index (κ2) is 44.0. The summed E-state index contributed by atoms with van der Waals surface area (Å²) in [6, 6.07) is 0.329. The lowest BCUT2D eigenvalue weighted by molar-refractivity contribution is -0.167. The third kappa shape index (κ3) is 37.4. The van der Waals surface area contributed by atoms with Crippen molar-refractivity contribution in [2.75, 3.05) is 33.4 Å². The molecule has 1 aliphatic heterocycles. The maximum Gasteiger partial charge on any atom is 0.407 e. The molecule has 0 aliphatic carbocycles. The van der Waals surface area contributed by atoms with E-state index in [9.17, 15) is 19.2 Å². The van der Waals surface area contributed by atoms with E-state index in [1.165, 1.54) is 96.3 Å². The number of nitrogens with zero attached hydrogens (tertiary/aromatic N) is 1. The van der Waals surface area contributed by atoms with Crippen molar-refractivity contribution in [1.29, 1.82) is 0 Å². The van der Waals surface area contributed by atoms with Crippen LogP contribution in [-0.4, -0.2) is 80.5 Å². The minimum absolute atomic E-state index is 0.120.